The number of nitrogens with two attached hydrogens (primary N) is 2. The third-order valence-electron chi connectivity index (χ3n) is 4.90. The number of hydrogen-bond donors (Lipinski definition) is 7. The van der Waals surface area contributed by atoms with Crippen molar-refractivity contribution in [1.29, 1.82) is 0 Å². The lowest BCUT2D eigenvalue weighted by atomic mass is 10.1. The van der Waals surface area contributed by atoms with E-state index in [0.29, 0.717) is 37.3 Å². The highest BCUT2D eigenvalue weighted by molar-refractivity contribution is 7.98. The van der Waals surface area contributed by atoms with Crippen molar-refractivity contribution in [2.24, 2.45) is 11.5 Å². The van der Waals surface area contributed by atoms with Crippen molar-refractivity contribution in [3.8, 4) is 0 Å². The first-order valence-corrected chi connectivity index (χ1v) is 12.1. The van der Waals surface area contributed by atoms with Gasteiger partial charge in [-0.25, -0.2) is 9.78 Å². The predicted octanol–water partition coefficient (Wildman–Crippen LogP) is -1.28. The van der Waals surface area contributed by atoms with E-state index in [9.17, 15) is 24.3 Å². The summed E-state index contributed by atoms with van der Waals surface area (Å²) < 4.78 is 0. The first-order chi connectivity index (χ1) is 15.7. The number of amides is 3. The van der Waals surface area contributed by atoms with Crippen molar-refractivity contribution in [3.63, 3.8) is 0 Å². The molecule has 0 saturated heterocycles. The molecule has 33 heavy (non-hydrogen) atoms. The second kappa shape index (κ2) is 15.2. The average molecular weight is 486 g/mol. The molecule has 0 fully saturated rings. The highest BCUT2D eigenvalue weighted by Crippen LogP contribution is 2.05. The molecular weight excluding hydrogens is 450 g/mol. The molecule has 4 atom stereocenters. The van der Waals surface area contributed by atoms with Crippen LogP contribution in [0.3, 0.4) is 0 Å². The highest BCUT2D eigenvalue weighted by atomic mass is 32.2. The number of carboxylic acids is 1. The highest BCUT2D eigenvalue weighted by Gasteiger charge is 2.28. The van der Waals surface area contributed by atoms with Crippen LogP contribution in [0.15, 0.2) is 12.5 Å². The molecule has 9 N–H and O–H groups in total. The number of aromatic amines is 1. The summed E-state index contributed by atoms with van der Waals surface area (Å²) in [6, 6.07) is -3.86. The number of imidazole rings is 1. The minimum atomic E-state index is -1.22. The fraction of sp³-hybridized carbons (Fsp3) is 0.650. The number of hydrogen-bond acceptors (Lipinski definition) is 8. The van der Waals surface area contributed by atoms with Gasteiger partial charge in [-0.1, -0.05) is 6.42 Å². The van der Waals surface area contributed by atoms with Gasteiger partial charge in [-0.2, -0.15) is 11.8 Å². The number of aromatic nitrogens is 2. The van der Waals surface area contributed by atoms with Gasteiger partial charge in [0.05, 0.1) is 12.4 Å². The van der Waals surface area contributed by atoms with Crippen molar-refractivity contribution in [2.75, 3.05) is 18.6 Å². The Labute approximate surface area is 197 Å². The summed E-state index contributed by atoms with van der Waals surface area (Å²) in [7, 11) is 0. The summed E-state index contributed by atoms with van der Waals surface area (Å²) in [6.45, 7) is 1.95. The lowest BCUT2D eigenvalue weighted by molar-refractivity contribution is -0.142. The first kappa shape index (κ1) is 28.4. The number of carboxylic acid groups (broad SMARTS) is 1. The molecule has 0 bridgehead atoms. The molecule has 0 aliphatic heterocycles. The van der Waals surface area contributed by atoms with Crippen LogP contribution in [-0.4, -0.2) is 81.5 Å². The molecule has 0 radical (unpaired) electrons. The van der Waals surface area contributed by atoms with Crippen LogP contribution in [0.1, 0.15) is 38.3 Å². The smallest absolute Gasteiger partial charge is 0.326 e. The lowest BCUT2D eigenvalue weighted by Crippen LogP contribution is -2.56. The summed E-state index contributed by atoms with van der Waals surface area (Å²) in [6.07, 6.45) is 7.01. The van der Waals surface area contributed by atoms with Gasteiger partial charge in [0, 0.05) is 18.3 Å². The van der Waals surface area contributed by atoms with Crippen molar-refractivity contribution in [3.05, 3.63) is 18.2 Å². The standard InChI is InChI=1S/C20H35N7O5S/c1-12(17(28)27-16(20(31)32)9-13-10-23-11-24-13)25-19(30)15(6-8-33-2)26-18(29)14(22)5-3-4-7-21/h10-12,14-16H,3-9,21-22H2,1-2H3,(H,23,24)(H,25,30)(H,26,29)(H,27,28)(H,31,32). The van der Waals surface area contributed by atoms with Crippen LogP contribution in [0.2, 0.25) is 0 Å². The van der Waals surface area contributed by atoms with Crippen LogP contribution in [0.4, 0.5) is 0 Å². The van der Waals surface area contributed by atoms with Crippen LogP contribution in [-0.2, 0) is 25.6 Å². The minimum Gasteiger partial charge on any atom is -0.480 e. The zero-order valence-corrected chi connectivity index (χ0v) is 19.8. The molecule has 0 aromatic carbocycles. The van der Waals surface area contributed by atoms with Crippen molar-refractivity contribution in [1.82, 2.24) is 25.9 Å². The lowest BCUT2D eigenvalue weighted by Gasteiger charge is -2.23. The van der Waals surface area contributed by atoms with Gasteiger partial charge in [-0.15, -0.1) is 0 Å². The molecule has 186 valence electrons. The number of carbonyl (C=O) groups excluding carboxylic acids is 3. The molecule has 0 saturated carbocycles. The Kier molecular flexibility index (Phi) is 13.1. The van der Waals surface area contributed by atoms with Crippen molar-refractivity contribution >= 4 is 35.5 Å². The number of carbonyl (C=O) groups is 4. The van der Waals surface area contributed by atoms with Crippen LogP contribution < -0.4 is 27.4 Å². The second-order valence-corrected chi connectivity index (χ2v) is 8.63. The van der Waals surface area contributed by atoms with E-state index in [1.165, 1.54) is 31.2 Å². The fourth-order valence-corrected chi connectivity index (χ4v) is 3.39. The number of H-pyrrole nitrogens is 1. The number of aliphatic carboxylic acids is 1. The quantitative estimate of drug-likeness (QED) is 0.139. The third kappa shape index (κ3) is 10.7. The predicted molar refractivity (Wildman–Crippen MR) is 125 cm³/mol. The minimum absolute atomic E-state index is 0.0101. The summed E-state index contributed by atoms with van der Waals surface area (Å²) in [5.74, 6) is -2.27. The molecule has 1 aromatic heterocycles. The molecule has 1 rings (SSSR count). The van der Waals surface area contributed by atoms with E-state index in [-0.39, 0.29) is 6.42 Å². The Morgan fingerprint density at radius 1 is 1.09 bits per heavy atom. The maximum atomic E-state index is 12.8. The van der Waals surface area contributed by atoms with Gasteiger partial charge in [0.25, 0.3) is 0 Å². The zero-order valence-electron chi connectivity index (χ0n) is 19.0. The normalized spacial score (nSPS) is 14.5. The van der Waals surface area contributed by atoms with Gasteiger partial charge >= 0.3 is 5.97 Å². The molecule has 0 aliphatic rings. The van der Waals surface area contributed by atoms with Gasteiger partial charge < -0.3 is 37.5 Å². The van der Waals surface area contributed by atoms with Crippen LogP contribution in [0, 0.1) is 0 Å². The summed E-state index contributed by atoms with van der Waals surface area (Å²) in [5.41, 5.74) is 11.9. The van der Waals surface area contributed by atoms with Gasteiger partial charge in [-0.3, -0.25) is 14.4 Å². The fourth-order valence-electron chi connectivity index (χ4n) is 2.92. The summed E-state index contributed by atoms with van der Waals surface area (Å²) in [5, 5.41) is 17.0. The van der Waals surface area contributed by atoms with Crippen LogP contribution in [0.25, 0.3) is 0 Å². The van der Waals surface area contributed by atoms with Crippen LogP contribution >= 0.6 is 11.8 Å². The van der Waals surface area contributed by atoms with E-state index >= 15 is 0 Å². The Hall–Kier alpha value is -2.64. The van der Waals surface area contributed by atoms with E-state index in [2.05, 4.69) is 25.9 Å². The monoisotopic (exact) mass is 485 g/mol. The van der Waals surface area contributed by atoms with Gasteiger partial charge in [-0.05, 0) is 44.7 Å². The Bertz CT molecular complexity index is 762. The number of unbranched alkanes of at least 4 members (excludes halogenated alkanes) is 1. The van der Waals surface area contributed by atoms with Crippen molar-refractivity contribution in [2.45, 2.75) is 63.2 Å². The number of thioether (sulfide) groups is 1. The molecule has 0 spiro atoms. The first-order valence-electron chi connectivity index (χ1n) is 10.7. The molecule has 12 nitrogen and oxygen atoms in total. The largest absolute Gasteiger partial charge is 0.480 e. The van der Waals surface area contributed by atoms with Crippen LogP contribution in [0.5, 0.6) is 0 Å². The van der Waals surface area contributed by atoms with E-state index in [0.717, 1.165) is 6.42 Å². The molecule has 0 aliphatic carbocycles. The Morgan fingerprint density at radius 3 is 2.36 bits per heavy atom. The van der Waals surface area contributed by atoms with Gasteiger partial charge in [0.15, 0.2) is 0 Å². The SMILES string of the molecule is CSCCC(NC(=O)C(N)CCCCN)C(=O)NC(C)C(=O)NC(Cc1cnc[nH]1)C(=O)O. The molecule has 4 unspecified atom stereocenters. The van der Waals surface area contributed by atoms with E-state index in [1.54, 1.807) is 0 Å². The maximum Gasteiger partial charge on any atom is 0.326 e. The van der Waals surface area contributed by atoms with Gasteiger partial charge in [0.1, 0.15) is 18.1 Å². The Balaban J connectivity index is 2.69. The van der Waals surface area contributed by atoms with E-state index < -0.39 is 47.9 Å². The summed E-state index contributed by atoms with van der Waals surface area (Å²) in [4.78, 5) is 55.8. The second-order valence-electron chi connectivity index (χ2n) is 7.64. The molecule has 1 aromatic rings. The average Bonchev–Trinajstić information content (AvgIpc) is 3.28. The maximum absolute atomic E-state index is 12.8. The molecule has 1 heterocycles. The summed E-state index contributed by atoms with van der Waals surface area (Å²) >= 11 is 1.51. The van der Waals surface area contributed by atoms with E-state index in [1.807, 2.05) is 6.26 Å². The van der Waals surface area contributed by atoms with Gasteiger partial charge in [0.2, 0.25) is 17.7 Å². The third-order valence-corrected chi connectivity index (χ3v) is 5.54. The van der Waals surface area contributed by atoms with E-state index in [4.69, 9.17) is 11.5 Å². The topological polar surface area (TPSA) is 205 Å². The molecule has 13 heteroatoms. The number of nitrogens with one attached hydrogen (secondary N) is 4. The number of rotatable bonds is 16. The zero-order chi connectivity index (χ0) is 24.8. The molecular formula is C20H35N7O5S. The van der Waals surface area contributed by atoms with Crippen molar-refractivity contribution < 1.29 is 24.3 Å². The molecule has 3 amide bonds. The Morgan fingerprint density at radius 2 is 1.79 bits per heavy atom. The number of nitrogens with zero attached hydrogens (tertiary/aromatic N) is 1.